The highest BCUT2D eigenvalue weighted by atomic mass is 16.8. The SMILES string of the molecule is CCOC1COC(=O)O1. The van der Waals surface area contributed by atoms with Crippen LogP contribution in [0.5, 0.6) is 0 Å². The van der Waals surface area contributed by atoms with E-state index in [9.17, 15) is 4.79 Å². The Balaban J connectivity index is 2.22. The van der Waals surface area contributed by atoms with Gasteiger partial charge >= 0.3 is 6.16 Å². The van der Waals surface area contributed by atoms with E-state index in [0.29, 0.717) is 6.61 Å². The Morgan fingerprint density at radius 3 is 3.11 bits per heavy atom. The first-order chi connectivity index (χ1) is 4.33. The van der Waals surface area contributed by atoms with Crippen LogP contribution in [-0.4, -0.2) is 25.7 Å². The van der Waals surface area contributed by atoms with Crippen molar-refractivity contribution in [3.63, 3.8) is 0 Å². The van der Waals surface area contributed by atoms with Crippen molar-refractivity contribution < 1.29 is 19.0 Å². The highest BCUT2D eigenvalue weighted by Gasteiger charge is 2.24. The van der Waals surface area contributed by atoms with E-state index in [0.717, 1.165) is 0 Å². The molecule has 1 heterocycles. The van der Waals surface area contributed by atoms with Gasteiger partial charge in [0, 0.05) is 6.61 Å². The van der Waals surface area contributed by atoms with Crippen LogP contribution in [0.1, 0.15) is 6.92 Å². The highest BCUT2D eigenvalue weighted by Crippen LogP contribution is 2.06. The van der Waals surface area contributed by atoms with Gasteiger partial charge in [-0.3, -0.25) is 0 Å². The fourth-order valence-corrected chi connectivity index (χ4v) is 0.579. The smallest absolute Gasteiger partial charge is 0.428 e. The normalized spacial score (nSPS) is 25.4. The van der Waals surface area contributed by atoms with Gasteiger partial charge in [0.2, 0.25) is 6.29 Å². The lowest BCUT2D eigenvalue weighted by Crippen LogP contribution is -2.13. The zero-order valence-corrected chi connectivity index (χ0v) is 5.12. The summed E-state index contributed by atoms with van der Waals surface area (Å²) in [7, 11) is 0. The minimum atomic E-state index is -0.645. The van der Waals surface area contributed by atoms with Gasteiger partial charge in [0.05, 0.1) is 0 Å². The quantitative estimate of drug-likeness (QED) is 0.513. The van der Waals surface area contributed by atoms with Crippen molar-refractivity contribution in [2.45, 2.75) is 13.2 Å². The Kier molecular flexibility index (Phi) is 1.89. The summed E-state index contributed by atoms with van der Waals surface area (Å²) in [5, 5.41) is 0. The average molecular weight is 132 g/mol. The number of hydrogen-bond acceptors (Lipinski definition) is 4. The van der Waals surface area contributed by atoms with Gasteiger partial charge in [-0.1, -0.05) is 0 Å². The Morgan fingerprint density at radius 1 is 1.89 bits per heavy atom. The van der Waals surface area contributed by atoms with Gasteiger partial charge in [-0.2, -0.15) is 0 Å². The van der Waals surface area contributed by atoms with Gasteiger partial charge in [0.25, 0.3) is 0 Å². The third-order valence-electron chi connectivity index (χ3n) is 0.917. The number of rotatable bonds is 2. The van der Waals surface area contributed by atoms with E-state index in [4.69, 9.17) is 4.74 Å². The second-order valence-corrected chi connectivity index (χ2v) is 1.56. The van der Waals surface area contributed by atoms with Crippen LogP contribution in [0.3, 0.4) is 0 Å². The first-order valence-electron chi connectivity index (χ1n) is 2.78. The van der Waals surface area contributed by atoms with Crippen molar-refractivity contribution in [1.29, 1.82) is 0 Å². The molecule has 0 N–H and O–H groups in total. The zero-order chi connectivity index (χ0) is 6.69. The lowest BCUT2D eigenvalue weighted by Gasteiger charge is -2.03. The fourth-order valence-electron chi connectivity index (χ4n) is 0.579. The number of hydrogen-bond donors (Lipinski definition) is 0. The summed E-state index contributed by atoms with van der Waals surface area (Å²) >= 11 is 0. The van der Waals surface area contributed by atoms with E-state index >= 15 is 0 Å². The third-order valence-corrected chi connectivity index (χ3v) is 0.917. The van der Waals surface area contributed by atoms with Crippen LogP contribution in [0.4, 0.5) is 4.79 Å². The summed E-state index contributed by atoms with van der Waals surface area (Å²) in [6, 6.07) is 0. The van der Waals surface area contributed by atoms with E-state index in [1.165, 1.54) is 0 Å². The molecule has 4 nitrogen and oxygen atoms in total. The van der Waals surface area contributed by atoms with Crippen molar-refractivity contribution in [2.24, 2.45) is 0 Å². The predicted octanol–water partition coefficient (Wildman–Crippen LogP) is 0.516. The Hall–Kier alpha value is -0.770. The first-order valence-corrected chi connectivity index (χ1v) is 2.78. The number of ether oxygens (including phenoxy) is 3. The van der Waals surface area contributed by atoms with Crippen LogP contribution in [-0.2, 0) is 14.2 Å². The molecule has 1 fully saturated rings. The predicted molar refractivity (Wildman–Crippen MR) is 27.8 cm³/mol. The van der Waals surface area contributed by atoms with Crippen molar-refractivity contribution in [3.8, 4) is 0 Å². The third kappa shape index (κ3) is 1.57. The van der Waals surface area contributed by atoms with Gasteiger partial charge in [0.1, 0.15) is 0 Å². The molecule has 0 aromatic heterocycles. The summed E-state index contributed by atoms with van der Waals surface area (Å²) in [5.41, 5.74) is 0. The molecule has 1 saturated heterocycles. The lowest BCUT2D eigenvalue weighted by atomic mass is 10.7. The summed E-state index contributed by atoms with van der Waals surface area (Å²) in [6.07, 6.45) is -1.13. The molecule has 0 spiro atoms. The van der Waals surface area contributed by atoms with Gasteiger partial charge in [-0.05, 0) is 6.92 Å². The van der Waals surface area contributed by atoms with Crippen LogP contribution in [0.2, 0.25) is 0 Å². The molecule has 1 atom stereocenters. The maximum Gasteiger partial charge on any atom is 0.510 e. The Bertz CT molecular complexity index is 112. The van der Waals surface area contributed by atoms with Gasteiger partial charge < -0.3 is 14.2 Å². The molecular formula is C5H8O4. The molecular weight excluding hydrogens is 124 g/mol. The van der Waals surface area contributed by atoms with E-state index < -0.39 is 12.4 Å². The first kappa shape index (κ1) is 6.35. The second kappa shape index (κ2) is 2.68. The van der Waals surface area contributed by atoms with Gasteiger partial charge in [0.15, 0.2) is 6.61 Å². The van der Waals surface area contributed by atoms with Crippen molar-refractivity contribution in [1.82, 2.24) is 0 Å². The van der Waals surface area contributed by atoms with E-state index in [1.807, 2.05) is 6.92 Å². The Morgan fingerprint density at radius 2 is 2.67 bits per heavy atom. The molecule has 1 aliphatic heterocycles. The van der Waals surface area contributed by atoms with Gasteiger partial charge in [-0.25, -0.2) is 4.79 Å². The standard InChI is InChI=1S/C5H8O4/c1-2-7-4-3-8-5(6)9-4/h4H,2-3H2,1H3. The Labute approximate surface area is 52.7 Å². The maximum atomic E-state index is 10.2. The molecule has 1 unspecified atom stereocenters. The minimum absolute atomic E-state index is 0.215. The number of carbonyl (C=O) groups is 1. The fraction of sp³-hybridized carbons (Fsp3) is 0.800. The minimum Gasteiger partial charge on any atom is -0.428 e. The van der Waals surface area contributed by atoms with Crippen LogP contribution in [0, 0.1) is 0 Å². The summed E-state index contributed by atoms with van der Waals surface area (Å²) in [5.74, 6) is 0. The molecule has 0 bridgehead atoms. The molecule has 9 heavy (non-hydrogen) atoms. The van der Waals surface area contributed by atoms with Crippen LogP contribution in [0.15, 0.2) is 0 Å². The molecule has 0 radical (unpaired) electrons. The van der Waals surface area contributed by atoms with Crippen molar-refractivity contribution in [3.05, 3.63) is 0 Å². The number of cyclic esters (lactones) is 2. The zero-order valence-electron chi connectivity index (χ0n) is 5.12. The largest absolute Gasteiger partial charge is 0.510 e. The second-order valence-electron chi connectivity index (χ2n) is 1.56. The van der Waals surface area contributed by atoms with E-state index in [-0.39, 0.29) is 6.61 Å². The monoisotopic (exact) mass is 132 g/mol. The summed E-state index contributed by atoms with van der Waals surface area (Å²) < 4.78 is 13.9. The van der Waals surface area contributed by atoms with Crippen molar-refractivity contribution in [2.75, 3.05) is 13.2 Å². The summed E-state index contributed by atoms with van der Waals surface area (Å²) in [4.78, 5) is 10.2. The maximum absolute atomic E-state index is 10.2. The van der Waals surface area contributed by atoms with Crippen LogP contribution in [0.25, 0.3) is 0 Å². The van der Waals surface area contributed by atoms with Crippen LogP contribution >= 0.6 is 0 Å². The number of carbonyl (C=O) groups excluding carboxylic acids is 1. The summed E-state index contributed by atoms with van der Waals surface area (Å²) in [6.45, 7) is 2.57. The average Bonchev–Trinajstić information content (AvgIpc) is 2.17. The molecule has 0 saturated carbocycles. The highest BCUT2D eigenvalue weighted by molar-refractivity contribution is 5.61. The molecule has 52 valence electrons. The molecule has 4 heteroatoms. The van der Waals surface area contributed by atoms with E-state index in [1.54, 1.807) is 0 Å². The van der Waals surface area contributed by atoms with Crippen molar-refractivity contribution >= 4 is 6.16 Å². The molecule has 0 amide bonds. The lowest BCUT2D eigenvalue weighted by molar-refractivity contribution is -0.0721. The van der Waals surface area contributed by atoms with Gasteiger partial charge in [-0.15, -0.1) is 0 Å². The molecule has 0 aromatic rings. The van der Waals surface area contributed by atoms with Crippen LogP contribution < -0.4 is 0 Å². The van der Waals surface area contributed by atoms with E-state index in [2.05, 4.69) is 9.47 Å². The molecule has 0 aliphatic carbocycles. The molecule has 0 aromatic carbocycles. The topological polar surface area (TPSA) is 44.8 Å². The molecule has 1 aliphatic rings. The molecule has 1 rings (SSSR count).